The fourth-order valence-corrected chi connectivity index (χ4v) is 4.65. The van der Waals surface area contributed by atoms with Crippen molar-refractivity contribution in [1.82, 2.24) is 9.71 Å². The molecule has 1 aromatic heterocycles. The van der Waals surface area contributed by atoms with E-state index in [1.165, 1.54) is 7.05 Å². The molecule has 7 nitrogen and oxygen atoms in total. The van der Waals surface area contributed by atoms with Crippen LogP contribution >= 0.6 is 11.3 Å². The number of nitrogens with one attached hydrogen (secondary N) is 3. The summed E-state index contributed by atoms with van der Waals surface area (Å²) in [6.45, 7) is 1.58. The van der Waals surface area contributed by atoms with Gasteiger partial charge in [0.2, 0.25) is 0 Å². The molecule has 0 bridgehead atoms. The van der Waals surface area contributed by atoms with E-state index in [1.54, 1.807) is 19.1 Å². The molecule has 0 aliphatic carbocycles. The van der Waals surface area contributed by atoms with Crippen LogP contribution in [0.4, 0.5) is 15.6 Å². The SMILES string of the molecule is CNS(=O)(=O)c1sc(NC(=O)Nc2ccc(-c3ccccc3)cc2)nc1C. The molecule has 3 N–H and O–H groups in total. The van der Waals surface area contributed by atoms with Gasteiger partial charge in [0.1, 0.15) is 0 Å². The van der Waals surface area contributed by atoms with Gasteiger partial charge >= 0.3 is 6.03 Å². The first-order valence-corrected chi connectivity index (χ1v) is 10.3. The lowest BCUT2D eigenvalue weighted by Crippen LogP contribution is -2.19. The van der Waals surface area contributed by atoms with E-state index in [2.05, 4.69) is 20.3 Å². The van der Waals surface area contributed by atoms with Crippen molar-refractivity contribution in [2.45, 2.75) is 11.1 Å². The van der Waals surface area contributed by atoms with Gasteiger partial charge in [0, 0.05) is 5.69 Å². The van der Waals surface area contributed by atoms with Gasteiger partial charge in [0.25, 0.3) is 10.0 Å². The number of rotatable bonds is 5. The topological polar surface area (TPSA) is 100 Å². The fraction of sp³-hybridized carbons (Fsp3) is 0.111. The van der Waals surface area contributed by atoms with Crippen LogP contribution in [0, 0.1) is 6.92 Å². The van der Waals surface area contributed by atoms with Crippen LogP contribution in [-0.2, 0) is 10.0 Å². The highest BCUT2D eigenvalue weighted by Gasteiger charge is 2.20. The van der Waals surface area contributed by atoms with Gasteiger partial charge in [-0.15, -0.1) is 0 Å². The Kier molecular flexibility index (Phi) is 5.54. The van der Waals surface area contributed by atoms with Crippen molar-refractivity contribution in [2.75, 3.05) is 17.7 Å². The molecule has 0 unspecified atom stereocenters. The van der Waals surface area contributed by atoms with Gasteiger partial charge in [0.15, 0.2) is 9.34 Å². The Hall–Kier alpha value is -2.75. The van der Waals surface area contributed by atoms with E-state index in [0.717, 1.165) is 22.5 Å². The summed E-state index contributed by atoms with van der Waals surface area (Å²) in [5.41, 5.74) is 3.07. The van der Waals surface area contributed by atoms with E-state index in [0.29, 0.717) is 11.4 Å². The maximum atomic E-state index is 12.2. The highest BCUT2D eigenvalue weighted by Crippen LogP contribution is 2.27. The van der Waals surface area contributed by atoms with E-state index < -0.39 is 16.1 Å². The first-order valence-electron chi connectivity index (χ1n) is 8.03. The van der Waals surface area contributed by atoms with Crippen LogP contribution in [0.3, 0.4) is 0 Å². The highest BCUT2D eigenvalue weighted by molar-refractivity contribution is 7.91. The molecular weight excluding hydrogens is 384 g/mol. The van der Waals surface area contributed by atoms with Crippen LogP contribution in [-0.4, -0.2) is 26.5 Å². The average Bonchev–Trinajstić information content (AvgIpc) is 3.04. The number of carbonyl (C=O) groups is 1. The van der Waals surface area contributed by atoms with Gasteiger partial charge in [-0.3, -0.25) is 5.32 Å². The van der Waals surface area contributed by atoms with Crippen molar-refractivity contribution in [3.05, 3.63) is 60.3 Å². The zero-order valence-corrected chi connectivity index (χ0v) is 16.3. The number of carbonyl (C=O) groups excluding carboxylic acids is 1. The number of urea groups is 1. The van der Waals surface area contributed by atoms with Gasteiger partial charge in [-0.25, -0.2) is 22.9 Å². The van der Waals surface area contributed by atoms with E-state index in [-0.39, 0.29) is 9.34 Å². The lowest BCUT2D eigenvalue weighted by Gasteiger charge is -2.07. The number of hydrogen-bond acceptors (Lipinski definition) is 5. The molecule has 27 heavy (non-hydrogen) atoms. The number of benzene rings is 2. The average molecular weight is 403 g/mol. The smallest absolute Gasteiger partial charge is 0.308 e. The second-order valence-corrected chi connectivity index (χ2v) is 8.70. The summed E-state index contributed by atoms with van der Waals surface area (Å²) in [4.78, 5) is 16.2. The monoisotopic (exact) mass is 402 g/mol. The molecule has 0 radical (unpaired) electrons. The molecule has 0 aliphatic heterocycles. The second-order valence-electron chi connectivity index (χ2n) is 5.62. The second kappa shape index (κ2) is 7.87. The van der Waals surface area contributed by atoms with Crippen LogP contribution in [0.25, 0.3) is 11.1 Å². The van der Waals surface area contributed by atoms with Crippen molar-refractivity contribution in [3.63, 3.8) is 0 Å². The van der Waals surface area contributed by atoms with Crippen LogP contribution in [0.2, 0.25) is 0 Å². The Morgan fingerprint density at radius 2 is 1.59 bits per heavy atom. The van der Waals surface area contributed by atoms with Gasteiger partial charge < -0.3 is 5.32 Å². The van der Waals surface area contributed by atoms with E-state index in [4.69, 9.17) is 0 Å². The predicted molar refractivity (Wildman–Crippen MR) is 108 cm³/mol. The summed E-state index contributed by atoms with van der Waals surface area (Å²) in [7, 11) is -2.27. The lowest BCUT2D eigenvalue weighted by atomic mass is 10.1. The minimum absolute atomic E-state index is 0.0764. The molecule has 1 heterocycles. The van der Waals surface area contributed by atoms with Crippen molar-refractivity contribution in [2.24, 2.45) is 0 Å². The number of aryl methyl sites for hydroxylation is 1. The summed E-state index contributed by atoms with van der Waals surface area (Å²) >= 11 is 0.896. The molecule has 0 fully saturated rings. The fourth-order valence-electron chi connectivity index (χ4n) is 2.41. The van der Waals surface area contributed by atoms with Crippen LogP contribution in [0.5, 0.6) is 0 Å². The highest BCUT2D eigenvalue weighted by atomic mass is 32.2. The molecule has 9 heteroatoms. The van der Waals surface area contributed by atoms with Crippen molar-refractivity contribution >= 4 is 38.2 Å². The number of aromatic nitrogens is 1. The number of thiazole rings is 1. The first-order chi connectivity index (χ1) is 12.9. The molecule has 0 saturated carbocycles. The van der Waals surface area contributed by atoms with Crippen LogP contribution in [0.1, 0.15) is 5.69 Å². The summed E-state index contributed by atoms with van der Waals surface area (Å²) in [5.74, 6) is 0. The normalized spacial score (nSPS) is 11.2. The predicted octanol–water partition coefficient (Wildman–Crippen LogP) is 3.67. The zero-order chi connectivity index (χ0) is 19.4. The minimum Gasteiger partial charge on any atom is -0.308 e. The van der Waals surface area contributed by atoms with Crippen molar-refractivity contribution in [3.8, 4) is 11.1 Å². The molecule has 140 valence electrons. The first kappa shape index (κ1) is 19.0. The van der Waals surface area contributed by atoms with Gasteiger partial charge in [-0.05, 0) is 37.2 Å². The van der Waals surface area contributed by atoms with Gasteiger partial charge in [-0.1, -0.05) is 53.8 Å². The largest absolute Gasteiger partial charge is 0.325 e. The molecule has 0 aliphatic rings. The Bertz CT molecular complexity index is 1050. The third kappa shape index (κ3) is 4.51. The molecule has 2 amide bonds. The van der Waals surface area contributed by atoms with Crippen LogP contribution in [0.15, 0.2) is 58.8 Å². The Balaban J connectivity index is 1.67. The maximum absolute atomic E-state index is 12.2. The van der Waals surface area contributed by atoms with Crippen molar-refractivity contribution < 1.29 is 13.2 Å². The molecule has 3 aromatic rings. The number of sulfonamides is 1. The third-order valence-electron chi connectivity index (χ3n) is 3.74. The Labute approximate surface area is 161 Å². The third-order valence-corrected chi connectivity index (χ3v) is 6.83. The van der Waals surface area contributed by atoms with Gasteiger partial charge in [0.05, 0.1) is 5.69 Å². The summed E-state index contributed by atoms with van der Waals surface area (Å²) < 4.78 is 26.1. The minimum atomic E-state index is -3.60. The zero-order valence-electron chi connectivity index (χ0n) is 14.7. The summed E-state index contributed by atoms with van der Waals surface area (Å²) in [6.07, 6.45) is 0. The van der Waals surface area contributed by atoms with Gasteiger partial charge in [-0.2, -0.15) is 0 Å². The molecule has 3 rings (SSSR count). The maximum Gasteiger partial charge on any atom is 0.325 e. The summed E-state index contributed by atoms with van der Waals surface area (Å²) in [6, 6.07) is 16.8. The quantitative estimate of drug-likeness (QED) is 0.606. The summed E-state index contributed by atoms with van der Waals surface area (Å²) in [5, 5.41) is 5.47. The number of hydrogen-bond donors (Lipinski definition) is 3. The van der Waals surface area contributed by atoms with Crippen molar-refractivity contribution in [1.29, 1.82) is 0 Å². The lowest BCUT2D eigenvalue weighted by molar-refractivity contribution is 0.262. The molecular formula is C18H18N4O3S2. The Morgan fingerprint density at radius 1 is 0.963 bits per heavy atom. The van der Waals surface area contributed by atoms with Crippen LogP contribution < -0.4 is 15.4 Å². The standard InChI is InChI=1S/C18H18N4O3S2/c1-12-16(27(24,25)19-2)26-18(20-12)22-17(23)21-15-10-8-14(9-11-15)13-6-4-3-5-7-13/h3-11,19H,1-2H3,(H2,20,21,22,23). The molecule has 0 atom stereocenters. The number of amides is 2. The molecule has 2 aromatic carbocycles. The number of anilines is 2. The van der Waals surface area contributed by atoms with E-state index in [9.17, 15) is 13.2 Å². The molecule has 0 saturated heterocycles. The molecule has 0 spiro atoms. The van der Waals surface area contributed by atoms with E-state index in [1.807, 2.05) is 42.5 Å². The number of nitrogens with zero attached hydrogens (tertiary/aromatic N) is 1. The van der Waals surface area contributed by atoms with E-state index >= 15 is 0 Å². The Morgan fingerprint density at radius 3 is 2.22 bits per heavy atom.